The third-order valence-corrected chi connectivity index (χ3v) is 4.31. The molecule has 1 aromatic heterocycles. The van der Waals surface area contributed by atoms with Gasteiger partial charge in [0.15, 0.2) is 10.8 Å². The number of rotatable bonds is 5. The average Bonchev–Trinajstić information content (AvgIpc) is 2.73. The molecule has 1 amide bonds. The fourth-order valence-corrected chi connectivity index (χ4v) is 2.77. The lowest BCUT2D eigenvalue weighted by molar-refractivity contribution is 0.0939. The Morgan fingerprint density at radius 3 is 2.54 bits per heavy atom. The molecule has 2 aromatic carbocycles. The minimum atomic E-state index is -0.508. The lowest BCUT2D eigenvalue weighted by atomic mass is 10.1. The third-order valence-electron chi connectivity index (χ3n) is 4.06. The van der Waals surface area contributed by atoms with Crippen molar-refractivity contribution in [3.8, 4) is 5.75 Å². The quantitative estimate of drug-likeness (QED) is 0.379. The minimum absolute atomic E-state index is 0.101. The van der Waals surface area contributed by atoms with Crippen LogP contribution in [0.1, 0.15) is 16.1 Å². The minimum Gasteiger partial charge on any atom is -0.497 e. The molecule has 0 saturated heterocycles. The Bertz CT molecular complexity index is 1050. The number of hydrogen-bond donors (Lipinski definition) is 4. The van der Waals surface area contributed by atoms with Gasteiger partial charge in [0.1, 0.15) is 5.75 Å². The van der Waals surface area contributed by atoms with Gasteiger partial charge in [-0.25, -0.2) is 5.10 Å². The normalized spacial score (nSPS) is 10.3. The summed E-state index contributed by atoms with van der Waals surface area (Å²) in [6.07, 6.45) is 0.756. The van der Waals surface area contributed by atoms with Crippen LogP contribution >= 0.6 is 12.2 Å². The zero-order valence-corrected chi connectivity index (χ0v) is 15.9. The first-order valence-electron chi connectivity index (χ1n) is 8.53. The summed E-state index contributed by atoms with van der Waals surface area (Å²) in [7, 11) is 1.63. The number of nitrogens with one attached hydrogen (secondary N) is 4. The van der Waals surface area contributed by atoms with Gasteiger partial charge in [-0.1, -0.05) is 30.3 Å². The van der Waals surface area contributed by atoms with Gasteiger partial charge in [0.25, 0.3) is 11.5 Å². The van der Waals surface area contributed by atoms with Crippen LogP contribution in [0.5, 0.6) is 5.75 Å². The van der Waals surface area contributed by atoms with Crippen molar-refractivity contribution >= 4 is 34.0 Å². The number of carbonyl (C=O) groups is 1. The standard InChI is InChI=1S/C19H19N5O3S/c1-27-13-8-6-12(7-9-13)10-11-20-19(28)24-23-18(26)16-14-4-2-3-5-15(14)17(25)22-21-16/h2-9H,10-11H2,1H3,(H,22,25)(H,23,26)(H2,20,24,28). The lowest BCUT2D eigenvalue weighted by Crippen LogP contribution is -2.47. The van der Waals surface area contributed by atoms with Gasteiger partial charge < -0.3 is 10.1 Å². The van der Waals surface area contributed by atoms with Gasteiger partial charge in [-0.05, 0) is 42.4 Å². The van der Waals surface area contributed by atoms with E-state index in [-0.39, 0.29) is 16.4 Å². The van der Waals surface area contributed by atoms with E-state index in [1.807, 2.05) is 24.3 Å². The average molecular weight is 397 g/mol. The number of aromatic nitrogens is 2. The second-order valence-corrected chi connectivity index (χ2v) is 6.29. The summed E-state index contributed by atoms with van der Waals surface area (Å²) >= 11 is 5.16. The molecule has 3 aromatic rings. The number of thiocarbonyl (C=S) groups is 1. The Balaban J connectivity index is 1.51. The molecule has 0 atom stereocenters. The van der Waals surface area contributed by atoms with E-state index in [1.54, 1.807) is 31.4 Å². The second kappa shape index (κ2) is 8.96. The maximum absolute atomic E-state index is 12.4. The van der Waals surface area contributed by atoms with Crippen molar-refractivity contribution in [3.05, 3.63) is 70.1 Å². The topological polar surface area (TPSA) is 108 Å². The highest BCUT2D eigenvalue weighted by molar-refractivity contribution is 7.80. The molecule has 0 aliphatic rings. The molecule has 3 rings (SSSR count). The van der Waals surface area contributed by atoms with Gasteiger partial charge in [0, 0.05) is 11.9 Å². The fraction of sp³-hybridized carbons (Fsp3) is 0.158. The predicted molar refractivity (Wildman–Crippen MR) is 110 cm³/mol. The fourth-order valence-electron chi connectivity index (χ4n) is 2.62. The third kappa shape index (κ3) is 4.63. The van der Waals surface area contributed by atoms with Crippen molar-refractivity contribution in [2.45, 2.75) is 6.42 Å². The first-order valence-corrected chi connectivity index (χ1v) is 8.94. The Morgan fingerprint density at radius 1 is 1.11 bits per heavy atom. The molecule has 0 radical (unpaired) electrons. The second-order valence-electron chi connectivity index (χ2n) is 5.88. The van der Waals surface area contributed by atoms with Gasteiger partial charge in [-0.2, -0.15) is 5.10 Å². The number of aromatic amines is 1. The number of nitrogens with zero attached hydrogens (tertiary/aromatic N) is 1. The molecular weight excluding hydrogens is 378 g/mol. The van der Waals surface area contributed by atoms with E-state index in [1.165, 1.54) is 0 Å². The number of benzene rings is 2. The molecule has 1 heterocycles. The SMILES string of the molecule is COc1ccc(CCNC(=S)NNC(=O)c2n[nH]c(=O)c3ccccc23)cc1. The molecule has 0 spiro atoms. The number of carbonyl (C=O) groups excluding carboxylic acids is 1. The molecule has 0 aliphatic heterocycles. The largest absolute Gasteiger partial charge is 0.497 e. The lowest BCUT2D eigenvalue weighted by Gasteiger charge is -2.12. The summed E-state index contributed by atoms with van der Waals surface area (Å²) in [5.41, 5.74) is 5.99. The van der Waals surface area contributed by atoms with E-state index < -0.39 is 5.91 Å². The molecule has 0 bridgehead atoms. The van der Waals surface area contributed by atoms with Gasteiger partial charge in [0.2, 0.25) is 0 Å². The summed E-state index contributed by atoms with van der Waals surface area (Å²) in [6, 6.07) is 14.5. The highest BCUT2D eigenvalue weighted by atomic mass is 32.1. The van der Waals surface area contributed by atoms with E-state index in [0.29, 0.717) is 17.3 Å². The Morgan fingerprint density at radius 2 is 1.82 bits per heavy atom. The smallest absolute Gasteiger partial charge is 0.290 e. The van der Waals surface area contributed by atoms with Crippen LogP contribution in [-0.4, -0.2) is 34.9 Å². The molecule has 0 saturated carbocycles. The summed E-state index contributed by atoms with van der Waals surface area (Å²) in [5.74, 6) is 0.298. The number of amides is 1. The molecule has 28 heavy (non-hydrogen) atoms. The highest BCUT2D eigenvalue weighted by Crippen LogP contribution is 2.12. The van der Waals surface area contributed by atoms with Crippen LogP contribution in [0, 0.1) is 0 Å². The van der Waals surface area contributed by atoms with Crippen LogP contribution in [0.4, 0.5) is 0 Å². The molecule has 144 valence electrons. The molecule has 4 N–H and O–H groups in total. The van der Waals surface area contributed by atoms with Crippen LogP contribution in [-0.2, 0) is 6.42 Å². The van der Waals surface area contributed by atoms with E-state index in [9.17, 15) is 9.59 Å². The highest BCUT2D eigenvalue weighted by Gasteiger charge is 2.13. The summed E-state index contributed by atoms with van der Waals surface area (Å²) in [5, 5.41) is 10.3. The van der Waals surface area contributed by atoms with Crippen molar-refractivity contribution in [1.29, 1.82) is 0 Å². The van der Waals surface area contributed by atoms with Crippen LogP contribution in [0.25, 0.3) is 10.8 Å². The van der Waals surface area contributed by atoms with E-state index in [0.717, 1.165) is 17.7 Å². The molecule has 9 heteroatoms. The van der Waals surface area contributed by atoms with Crippen LogP contribution in [0.3, 0.4) is 0 Å². The number of hydrogen-bond acceptors (Lipinski definition) is 5. The van der Waals surface area contributed by atoms with Gasteiger partial charge in [-0.15, -0.1) is 0 Å². The van der Waals surface area contributed by atoms with E-state index in [2.05, 4.69) is 26.4 Å². The number of hydrazine groups is 1. The van der Waals surface area contributed by atoms with Gasteiger partial charge >= 0.3 is 0 Å². The van der Waals surface area contributed by atoms with Gasteiger partial charge in [-0.3, -0.25) is 20.4 Å². The first kappa shape index (κ1) is 19.3. The number of methoxy groups -OCH3 is 1. The number of fused-ring (bicyclic) bond motifs is 1. The van der Waals surface area contributed by atoms with Crippen molar-refractivity contribution in [2.75, 3.05) is 13.7 Å². The Kier molecular flexibility index (Phi) is 6.18. The maximum Gasteiger partial charge on any atom is 0.290 e. The summed E-state index contributed by atoms with van der Waals surface area (Å²) in [4.78, 5) is 24.2. The molecule has 0 unspecified atom stereocenters. The molecule has 8 nitrogen and oxygen atoms in total. The Hall–Kier alpha value is -3.46. The zero-order valence-electron chi connectivity index (χ0n) is 15.1. The van der Waals surface area contributed by atoms with Crippen molar-refractivity contribution < 1.29 is 9.53 Å². The Labute approximate surface area is 166 Å². The molecule has 0 aliphatic carbocycles. The van der Waals surface area contributed by atoms with Crippen LogP contribution < -0.4 is 26.5 Å². The van der Waals surface area contributed by atoms with E-state index in [4.69, 9.17) is 17.0 Å². The summed E-state index contributed by atoms with van der Waals surface area (Å²) in [6.45, 7) is 0.591. The van der Waals surface area contributed by atoms with Crippen molar-refractivity contribution in [2.24, 2.45) is 0 Å². The van der Waals surface area contributed by atoms with Crippen molar-refractivity contribution in [1.82, 2.24) is 26.4 Å². The van der Waals surface area contributed by atoms with Crippen LogP contribution in [0.15, 0.2) is 53.3 Å². The molecular formula is C19H19N5O3S. The first-order chi connectivity index (χ1) is 13.6. The number of H-pyrrole nitrogens is 1. The summed E-state index contributed by atoms with van der Waals surface area (Å²) < 4.78 is 5.12. The zero-order chi connectivity index (χ0) is 19.9. The maximum atomic E-state index is 12.4. The molecule has 0 fully saturated rings. The van der Waals surface area contributed by atoms with Crippen LogP contribution in [0.2, 0.25) is 0 Å². The van der Waals surface area contributed by atoms with Gasteiger partial charge in [0.05, 0.1) is 12.5 Å². The monoisotopic (exact) mass is 397 g/mol. The predicted octanol–water partition coefficient (Wildman–Crippen LogP) is 1.28. The van der Waals surface area contributed by atoms with Crippen molar-refractivity contribution in [3.63, 3.8) is 0 Å². The number of ether oxygens (including phenoxy) is 1. The van der Waals surface area contributed by atoms with E-state index >= 15 is 0 Å².